The number of rotatable bonds is 4. The van der Waals surface area contributed by atoms with Gasteiger partial charge < -0.3 is 20.1 Å². The van der Waals surface area contributed by atoms with E-state index in [2.05, 4.69) is 0 Å². The molecular weight excluding hydrogens is 284 g/mol. The molecule has 1 heterocycles. The maximum atomic E-state index is 12.0. The average molecular weight is 299 g/mol. The van der Waals surface area contributed by atoms with Crippen molar-refractivity contribution in [2.24, 2.45) is 11.7 Å². The predicted molar refractivity (Wildman–Crippen MR) is 74.2 cm³/mol. The number of hydrogen-bond acceptors (Lipinski definition) is 4. The van der Waals surface area contributed by atoms with Crippen LogP contribution in [0.5, 0.6) is 11.5 Å². The summed E-state index contributed by atoms with van der Waals surface area (Å²) >= 11 is 6.02. The van der Waals surface area contributed by atoms with E-state index in [-0.39, 0.29) is 18.9 Å². The Hall–Kier alpha value is -1.95. The minimum absolute atomic E-state index is 0.101. The number of hydrogen-bond donors (Lipinski definition) is 1. The van der Waals surface area contributed by atoms with Gasteiger partial charge in [-0.2, -0.15) is 0 Å². The van der Waals surface area contributed by atoms with Gasteiger partial charge in [0.2, 0.25) is 11.8 Å². The third kappa shape index (κ3) is 2.51. The van der Waals surface area contributed by atoms with Crippen LogP contribution < -0.4 is 20.1 Å². The molecule has 6 nitrogen and oxygen atoms in total. The largest absolute Gasteiger partial charge is 0.495 e. The Labute approximate surface area is 121 Å². The summed E-state index contributed by atoms with van der Waals surface area (Å²) in [6.45, 7) is 0.231. The Morgan fingerprint density at radius 2 is 2.00 bits per heavy atom. The summed E-state index contributed by atoms with van der Waals surface area (Å²) < 4.78 is 10.4. The van der Waals surface area contributed by atoms with E-state index in [0.29, 0.717) is 22.2 Å². The fraction of sp³-hybridized carbons (Fsp3) is 0.385. The summed E-state index contributed by atoms with van der Waals surface area (Å²) in [6.07, 6.45) is 0.101. The molecule has 0 aromatic heterocycles. The highest BCUT2D eigenvalue weighted by Crippen LogP contribution is 2.40. The van der Waals surface area contributed by atoms with Crippen molar-refractivity contribution in [1.29, 1.82) is 0 Å². The van der Waals surface area contributed by atoms with Crippen molar-refractivity contribution in [1.82, 2.24) is 0 Å². The van der Waals surface area contributed by atoms with Gasteiger partial charge in [-0.05, 0) is 0 Å². The Kier molecular flexibility index (Phi) is 4.04. The number of anilines is 1. The molecule has 0 bridgehead atoms. The average Bonchev–Trinajstić information content (AvgIpc) is 2.80. The van der Waals surface area contributed by atoms with E-state index in [1.165, 1.54) is 19.1 Å². The molecule has 1 aliphatic rings. The van der Waals surface area contributed by atoms with E-state index >= 15 is 0 Å². The summed E-state index contributed by atoms with van der Waals surface area (Å²) in [4.78, 5) is 24.7. The van der Waals surface area contributed by atoms with Crippen LogP contribution in [0.25, 0.3) is 0 Å². The molecule has 7 heteroatoms. The van der Waals surface area contributed by atoms with Crippen molar-refractivity contribution in [3.63, 3.8) is 0 Å². The second-order valence-electron chi connectivity index (χ2n) is 4.47. The highest BCUT2D eigenvalue weighted by molar-refractivity contribution is 6.32. The number of ether oxygens (including phenoxy) is 2. The zero-order valence-electron chi connectivity index (χ0n) is 11.2. The molecule has 108 valence electrons. The minimum atomic E-state index is -0.492. The first-order valence-corrected chi connectivity index (χ1v) is 6.37. The molecule has 1 aliphatic heterocycles. The van der Waals surface area contributed by atoms with Crippen LogP contribution in [0, 0.1) is 5.92 Å². The van der Waals surface area contributed by atoms with Crippen LogP contribution in [-0.4, -0.2) is 32.6 Å². The molecule has 0 aliphatic carbocycles. The summed E-state index contributed by atoms with van der Waals surface area (Å²) in [5.41, 5.74) is 5.77. The maximum Gasteiger partial charge on any atom is 0.227 e. The van der Waals surface area contributed by atoms with Crippen LogP contribution in [0.15, 0.2) is 12.1 Å². The first kappa shape index (κ1) is 14.5. The van der Waals surface area contributed by atoms with Crippen molar-refractivity contribution in [3.05, 3.63) is 17.2 Å². The van der Waals surface area contributed by atoms with E-state index < -0.39 is 11.8 Å². The summed E-state index contributed by atoms with van der Waals surface area (Å²) in [6, 6.07) is 3.18. The molecule has 0 saturated carbocycles. The number of nitrogens with two attached hydrogens (primary N) is 1. The molecule has 1 unspecified atom stereocenters. The van der Waals surface area contributed by atoms with Crippen LogP contribution >= 0.6 is 11.6 Å². The van der Waals surface area contributed by atoms with Crippen LogP contribution in [0.1, 0.15) is 6.42 Å². The molecule has 2 N–H and O–H groups in total. The lowest BCUT2D eigenvalue weighted by atomic mass is 10.1. The highest BCUT2D eigenvalue weighted by atomic mass is 35.5. The van der Waals surface area contributed by atoms with Crippen molar-refractivity contribution in [2.45, 2.75) is 6.42 Å². The van der Waals surface area contributed by atoms with Gasteiger partial charge in [0.1, 0.15) is 11.5 Å². The third-order valence-electron chi connectivity index (χ3n) is 3.27. The van der Waals surface area contributed by atoms with Gasteiger partial charge in [0, 0.05) is 25.1 Å². The van der Waals surface area contributed by atoms with Crippen LogP contribution in [0.2, 0.25) is 5.02 Å². The van der Waals surface area contributed by atoms with Gasteiger partial charge in [0.05, 0.1) is 30.8 Å². The summed E-state index contributed by atoms with van der Waals surface area (Å²) in [5, 5.41) is 0.381. The van der Waals surface area contributed by atoms with Gasteiger partial charge in [0.15, 0.2) is 0 Å². The van der Waals surface area contributed by atoms with Crippen molar-refractivity contribution in [3.8, 4) is 11.5 Å². The van der Waals surface area contributed by atoms with Gasteiger partial charge in [-0.25, -0.2) is 0 Å². The second kappa shape index (κ2) is 5.58. The fourth-order valence-corrected chi connectivity index (χ4v) is 2.42. The summed E-state index contributed by atoms with van der Waals surface area (Å²) in [7, 11) is 2.96. The Morgan fingerprint density at radius 3 is 2.50 bits per heavy atom. The standard InChI is InChI=1S/C13H15ClN2O4/c1-19-10-5-9(11(20-2)4-8(10)14)16-6-7(13(15)18)3-12(16)17/h4-5,7H,3,6H2,1-2H3,(H2,15,18). The molecule has 1 atom stereocenters. The third-order valence-corrected chi connectivity index (χ3v) is 3.57. The van der Waals surface area contributed by atoms with E-state index in [4.69, 9.17) is 26.8 Å². The van der Waals surface area contributed by atoms with E-state index in [9.17, 15) is 9.59 Å². The summed E-state index contributed by atoms with van der Waals surface area (Å²) in [5.74, 6) is -0.293. The van der Waals surface area contributed by atoms with E-state index in [1.54, 1.807) is 12.1 Å². The number of primary amides is 1. The van der Waals surface area contributed by atoms with Crippen molar-refractivity contribution in [2.75, 3.05) is 25.7 Å². The van der Waals surface area contributed by atoms with E-state index in [0.717, 1.165) is 0 Å². The quantitative estimate of drug-likeness (QED) is 0.905. The van der Waals surface area contributed by atoms with Crippen molar-refractivity contribution < 1.29 is 19.1 Å². The smallest absolute Gasteiger partial charge is 0.227 e. The molecule has 2 rings (SSSR count). The fourth-order valence-electron chi connectivity index (χ4n) is 2.19. The van der Waals surface area contributed by atoms with Crippen LogP contribution in [0.4, 0.5) is 5.69 Å². The van der Waals surface area contributed by atoms with Crippen LogP contribution in [-0.2, 0) is 9.59 Å². The first-order chi connectivity index (χ1) is 9.47. The first-order valence-electron chi connectivity index (χ1n) is 5.99. The molecule has 2 amide bonds. The molecular formula is C13H15ClN2O4. The number of amides is 2. The molecule has 0 spiro atoms. The van der Waals surface area contributed by atoms with Gasteiger partial charge in [-0.1, -0.05) is 11.6 Å². The Balaban J connectivity index is 2.41. The lowest BCUT2D eigenvalue weighted by Crippen LogP contribution is -2.28. The lowest BCUT2D eigenvalue weighted by molar-refractivity contribution is -0.123. The molecule has 1 saturated heterocycles. The van der Waals surface area contributed by atoms with Gasteiger partial charge in [-0.3, -0.25) is 9.59 Å². The number of methoxy groups -OCH3 is 2. The van der Waals surface area contributed by atoms with Gasteiger partial charge >= 0.3 is 0 Å². The zero-order chi connectivity index (χ0) is 14.9. The van der Waals surface area contributed by atoms with Gasteiger partial charge in [-0.15, -0.1) is 0 Å². The maximum absolute atomic E-state index is 12.0. The van der Waals surface area contributed by atoms with E-state index in [1.807, 2.05) is 0 Å². The van der Waals surface area contributed by atoms with Crippen LogP contribution in [0.3, 0.4) is 0 Å². The lowest BCUT2D eigenvalue weighted by Gasteiger charge is -2.20. The Bertz CT molecular complexity index is 562. The Morgan fingerprint density at radius 1 is 1.35 bits per heavy atom. The topological polar surface area (TPSA) is 81.9 Å². The highest BCUT2D eigenvalue weighted by Gasteiger charge is 2.35. The zero-order valence-corrected chi connectivity index (χ0v) is 11.9. The van der Waals surface area contributed by atoms with Gasteiger partial charge in [0.25, 0.3) is 0 Å². The predicted octanol–water partition coefficient (Wildman–Crippen LogP) is 1.20. The molecule has 0 radical (unpaired) electrons. The molecule has 1 aromatic carbocycles. The molecule has 1 aromatic rings. The number of carbonyl (C=O) groups is 2. The monoisotopic (exact) mass is 298 g/mol. The number of carbonyl (C=O) groups excluding carboxylic acids is 2. The van der Waals surface area contributed by atoms with Crippen molar-refractivity contribution >= 4 is 29.1 Å². The number of benzene rings is 1. The molecule has 1 fully saturated rings. The number of nitrogens with zero attached hydrogens (tertiary/aromatic N) is 1. The second-order valence-corrected chi connectivity index (χ2v) is 4.87. The minimum Gasteiger partial charge on any atom is -0.495 e. The number of halogens is 1. The molecule has 20 heavy (non-hydrogen) atoms. The normalized spacial score (nSPS) is 18.2. The SMILES string of the molecule is COc1cc(N2CC(C(N)=O)CC2=O)c(OC)cc1Cl.